The van der Waals surface area contributed by atoms with Crippen molar-refractivity contribution in [1.82, 2.24) is 20.2 Å². The Bertz CT molecular complexity index is 342. The lowest BCUT2D eigenvalue weighted by atomic mass is 9.99. The van der Waals surface area contributed by atoms with Gasteiger partial charge in [0.2, 0.25) is 11.6 Å². The quantitative estimate of drug-likeness (QED) is 0.591. The highest BCUT2D eigenvalue weighted by Gasteiger charge is 2.31. The van der Waals surface area contributed by atoms with Gasteiger partial charge in [-0.05, 0) is 37.1 Å². The third-order valence-corrected chi connectivity index (χ3v) is 2.48. The second-order valence-corrected chi connectivity index (χ2v) is 4.00. The summed E-state index contributed by atoms with van der Waals surface area (Å²) in [5, 5.41) is 11.1. The molecule has 0 aliphatic carbocycles. The van der Waals surface area contributed by atoms with E-state index in [1.807, 2.05) is 13.8 Å². The van der Waals surface area contributed by atoms with Gasteiger partial charge in [-0.15, -0.1) is 5.10 Å². The molecule has 0 atom stereocenters. The molecule has 0 unspecified atom stereocenters. The van der Waals surface area contributed by atoms with Crippen molar-refractivity contribution < 1.29 is 4.79 Å². The number of aromatic nitrogens is 4. The molecule has 0 N–H and O–H groups in total. The molecular formula is C8H12N4O. The van der Waals surface area contributed by atoms with Crippen LogP contribution >= 0.6 is 0 Å². The Morgan fingerprint density at radius 2 is 2.23 bits per heavy atom. The van der Waals surface area contributed by atoms with Gasteiger partial charge >= 0.3 is 0 Å². The second-order valence-electron chi connectivity index (χ2n) is 4.00. The third-order valence-electron chi connectivity index (χ3n) is 2.48. The molecular weight excluding hydrogens is 168 g/mol. The van der Waals surface area contributed by atoms with Crippen LogP contribution in [0.4, 0.5) is 0 Å². The number of tetrazole rings is 1. The second kappa shape index (κ2) is 2.61. The number of carbonyl (C=O) groups excluding carboxylic acids is 1. The highest BCUT2D eigenvalue weighted by molar-refractivity contribution is 5.92. The van der Waals surface area contributed by atoms with Crippen LogP contribution in [0.1, 0.15) is 43.7 Å². The number of fused-ring (bicyclic) bond motifs is 1. The maximum absolute atomic E-state index is 11.5. The predicted octanol–water partition coefficient (Wildman–Crippen LogP) is 0.775. The van der Waals surface area contributed by atoms with E-state index in [1.54, 1.807) is 4.68 Å². The van der Waals surface area contributed by atoms with Crippen molar-refractivity contribution in [1.29, 1.82) is 0 Å². The van der Waals surface area contributed by atoms with Crippen molar-refractivity contribution in [2.75, 3.05) is 0 Å². The van der Waals surface area contributed by atoms with E-state index in [0.717, 1.165) is 12.8 Å². The van der Waals surface area contributed by atoms with Crippen LogP contribution in [0.15, 0.2) is 0 Å². The molecule has 1 aliphatic rings. The fourth-order valence-electron chi connectivity index (χ4n) is 1.67. The Balaban J connectivity index is 2.53. The van der Waals surface area contributed by atoms with E-state index < -0.39 is 0 Å². The highest BCUT2D eigenvalue weighted by Crippen LogP contribution is 2.26. The van der Waals surface area contributed by atoms with E-state index in [0.29, 0.717) is 12.2 Å². The Labute approximate surface area is 76.1 Å². The number of carbonyl (C=O) groups is 1. The number of Topliss-reactive ketones (excluding diaryl/α,β-unsaturated/α-hetero) is 1. The SMILES string of the molecule is CC1(C)CCCC(=O)c2nnnn21. The van der Waals surface area contributed by atoms with Crippen LogP contribution < -0.4 is 0 Å². The third kappa shape index (κ3) is 1.24. The summed E-state index contributed by atoms with van der Waals surface area (Å²) < 4.78 is 1.64. The predicted molar refractivity (Wildman–Crippen MR) is 45.3 cm³/mol. The van der Waals surface area contributed by atoms with Crippen molar-refractivity contribution in [2.45, 2.75) is 38.6 Å². The van der Waals surface area contributed by atoms with Gasteiger partial charge in [-0.3, -0.25) is 4.79 Å². The van der Waals surface area contributed by atoms with E-state index in [1.165, 1.54) is 0 Å². The summed E-state index contributed by atoms with van der Waals surface area (Å²) in [6.45, 7) is 4.09. The van der Waals surface area contributed by atoms with Gasteiger partial charge < -0.3 is 0 Å². The van der Waals surface area contributed by atoms with E-state index in [-0.39, 0.29) is 11.3 Å². The summed E-state index contributed by atoms with van der Waals surface area (Å²) in [5.41, 5.74) is -0.134. The molecule has 13 heavy (non-hydrogen) atoms. The fraction of sp³-hybridized carbons (Fsp3) is 0.750. The molecule has 0 bridgehead atoms. The first-order valence-corrected chi connectivity index (χ1v) is 4.43. The summed E-state index contributed by atoms with van der Waals surface area (Å²) in [4.78, 5) is 11.5. The first-order chi connectivity index (χ1) is 6.11. The minimum Gasteiger partial charge on any atom is -0.291 e. The minimum absolute atomic E-state index is 0.0515. The van der Waals surface area contributed by atoms with Crippen molar-refractivity contribution in [2.24, 2.45) is 0 Å². The van der Waals surface area contributed by atoms with E-state index >= 15 is 0 Å². The molecule has 1 aromatic rings. The lowest BCUT2D eigenvalue weighted by Gasteiger charge is -2.22. The topological polar surface area (TPSA) is 60.7 Å². The Morgan fingerprint density at radius 3 is 3.00 bits per heavy atom. The van der Waals surface area contributed by atoms with E-state index in [2.05, 4.69) is 15.5 Å². The molecule has 1 aliphatic heterocycles. The Kier molecular flexibility index (Phi) is 1.68. The lowest BCUT2D eigenvalue weighted by molar-refractivity contribution is 0.0970. The van der Waals surface area contributed by atoms with Crippen LogP contribution in [-0.2, 0) is 5.54 Å². The van der Waals surface area contributed by atoms with Gasteiger partial charge in [-0.25, -0.2) is 4.68 Å². The summed E-state index contributed by atoms with van der Waals surface area (Å²) in [6, 6.07) is 0. The molecule has 1 aromatic heterocycles. The lowest BCUT2D eigenvalue weighted by Crippen LogP contribution is -2.28. The van der Waals surface area contributed by atoms with Gasteiger partial charge in [0.15, 0.2) is 0 Å². The van der Waals surface area contributed by atoms with Crippen LogP contribution in [0.25, 0.3) is 0 Å². The molecule has 2 heterocycles. The molecule has 5 heteroatoms. The van der Waals surface area contributed by atoms with Crippen LogP contribution in [-0.4, -0.2) is 26.0 Å². The minimum atomic E-state index is -0.134. The number of rotatable bonds is 0. The largest absolute Gasteiger partial charge is 0.291 e. The van der Waals surface area contributed by atoms with Crippen molar-refractivity contribution in [3.63, 3.8) is 0 Å². The molecule has 5 nitrogen and oxygen atoms in total. The van der Waals surface area contributed by atoms with E-state index in [9.17, 15) is 4.79 Å². The normalized spacial score (nSPS) is 20.9. The number of ketones is 1. The zero-order chi connectivity index (χ0) is 9.47. The van der Waals surface area contributed by atoms with Gasteiger partial charge in [0, 0.05) is 6.42 Å². The zero-order valence-electron chi connectivity index (χ0n) is 7.82. The molecule has 0 fully saturated rings. The maximum Gasteiger partial charge on any atom is 0.218 e. The van der Waals surface area contributed by atoms with Crippen molar-refractivity contribution in [3.8, 4) is 0 Å². The maximum atomic E-state index is 11.5. The molecule has 0 radical (unpaired) electrons. The van der Waals surface area contributed by atoms with Crippen LogP contribution in [0, 0.1) is 0 Å². The summed E-state index contributed by atoms with van der Waals surface area (Å²) in [5.74, 6) is 0.457. The van der Waals surface area contributed by atoms with Gasteiger partial charge in [0.1, 0.15) is 0 Å². The first kappa shape index (κ1) is 8.34. The number of hydrogen-bond acceptors (Lipinski definition) is 4. The molecule has 70 valence electrons. The summed E-state index contributed by atoms with van der Waals surface area (Å²) in [6.07, 6.45) is 2.40. The smallest absolute Gasteiger partial charge is 0.218 e. The van der Waals surface area contributed by atoms with Gasteiger partial charge in [0.25, 0.3) is 0 Å². The van der Waals surface area contributed by atoms with Crippen LogP contribution in [0.3, 0.4) is 0 Å². The first-order valence-electron chi connectivity index (χ1n) is 4.43. The van der Waals surface area contributed by atoms with Crippen LogP contribution in [0.5, 0.6) is 0 Å². The summed E-state index contributed by atoms with van der Waals surface area (Å²) >= 11 is 0. The molecule has 2 rings (SSSR count). The van der Waals surface area contributed by atoms with Gasteiger partial charge in [-0.1, -0.05) is 0 Å². The zero-order valence-corrected chi connectivity index (χ0v) is 7.82. The van der Waals surface area contributed by atoms with Crippen LogP contribution in [0.2, 0.25) is 0 Å². The standard InChI is InChI=1S/C8H12N4O/c1-8(2)5-3-4-6(13)7-9-10-11-12(7)8/h3-5H2,1-2H3. The number of hydrogen-bond donors (Lipinski definition) is 0. The molecule has 0 saturated carbocycles. The van der Waals surface area contributed by atoms with E-state index in [4.69, 9.17) is 0 Å². The fourth-order valence-corrected chi connectivity index (χ4v) is 1.67. The number of nitrogens with zero attached hydrogens (tertiary/aromatic N) is 4. The molecule has 0 aromatic carbocycles. The molecule has 0 saturated heterocycles. The summed E-state index contributed by atoms with van der Waals surface area (Å²) in [7, 11) is 0. The van der Waals surface area contributed by atoms with Gasteiger partial charge in [0.05, 0.1) is 5.54 Å². The molecule has 0 spiro atoms. The van der Waals surface area contributed by atoms with Gasteiger partial charge in [-0.2, -0.15) is 0 Å². The highest BCUT2D eigenvalue weighted by atomic mass is 16.1. The average Bonchev–Trinajstić information content (AvgIpc) is 2.48. The van der Waals surface area contributed by atoms with Crippen molar-refractivity contribution in [3.05, 3.63) is 5.82 Å². The Morgan fingerprint density at radius 1 is 1.46 bits per heavy atom. The average molecular weight is 180 g/mol. The monoisotopic (exact) mass is 180 g/mol. The van der Waals surface area contributed by atoms with Crippen molar-refractivity contribution >= 4 is 5.78 Å². The Hall–Kier alpha value is -1.26. The molecule has 0 amide bonds.